The van der Waals surface area contributed by atoms with Gasteiger partial charge in [0.25, 0.3) is 5.91 Å². The van der Waals surface area contributed by atoms with Crippen molar-refractivity contribution in [3.05, 3.63) is 89.2 Å². The molecular formula is C39H57N2O3+. The molecule has 3 aromatic rings. The van der Waals surface area contributed by atoms with Crippen molar-refractivity contribution in [1.82, 2.24) is 4.90 Å². The quantitative estimate of drug-likeness (QED) is 0.0851. The summed E-state index contributed by atoms with van der Waals surface area (Å²) in [4.78, 5) is 15.7. The van der Waals surface area contributed by atoms with Gasteiger partial charge in [-0.25, -0.2) is 4.57 Å². The summed E-state index contributed by atoms with van der Waals surface area (Å²) < 4.78 is 13.6. The summed E-state index contributed by atoms with van der Waals surface area (Å²) in [7, 11) is 3.60. The fourth-order valence-corrected chi connectivity index (χ4v) is 5.68. The maximum absolute atomic E-state index is 13.8. The molecule has 0 bridgehead atoms. The zero-order valence-electron chi connectivity index (χ0n) is 28.0. The van der Waals surface area contributed by atoms with Crippen LogP contribution in [0.2, 0.25) is 0 Å². The van der Waals surface area contributed by atoms with Crippen LogP contribution in [0, 0.1) is 6.92 Å². The second kappa shape index (κ2) is 20.6. The normalized spacial score (nSPS) is 11.0. The standard InChI is InChI=1S/C39H57N2O3/c1-5-6-7-8-9-10-11-12-13-14-15-16-17-20-29-44-36-24-23-35(33(2)30-36)32-41(31-34-25-27-40(3)28-26-34)39(42)37-21-18-19-22-38(37)43-4/h18-19,21-28,30H,5-17,20,29,31-32H2,1-4H3/q+1. The van der Waals surface area contributed by atoms with E-state index in [1.54, 1.807) is 7.11 Å². The highest BCUT2D eigenvalue weighted by molar-refractivity contribution is 5.96. The zero-order valence-corrected chi connectivity index (χ0v) is 28.0. The molecule has 0 aliphatic rings. The Labute approximate surface area is 267 Å². The van der Waals surface area contributed by atoms with E-state index in [-0.39, 0.29) is 5.91 Å². The van der Waals surface area contributed by atoms with E-state index in [1.807, 2.05) is 59.2 Å². The van der Waals surface area contributed by atoms with E-state index in [9.17, 15) is 4.79 Å². The molecule has 2 aromatic carbocycles. The summed E-state index contributed by atoms with van der Waals surface area (Å²) in [6.07, 6.45) is 23.0. The lowest BCUT2D eigenvalue weighted by Gasteiger charge is -2.25. The molecule has 0 atom stereocenters. The molecule has 1 aromatic heterocycles. The molecular weight excluding hydrogens is 544 g/mol. The van der Waals surface area contributed by atoms with Crippen molar-refractivity contribution >= 4 is 5.91 Å². The molecule has 0 spiro atoms. The number of unbranched alkanes of at least 4 members (excludes halogenated alkanes) is 13. The monoisotopic (exact) mass is 601 g/mol. The van der Waals surface area contributed by atoms with Gasteiger partial charge in [0.2, 0.25) is 0 Å². The molecule has 0 fully saturated rings. The summed E-state index contributed by atoms with van der Waals surface area (Å²) in [5.41, 5.74) is 3.89. The minimum absolute atomic E-state index is 0.0480. The first-order chi connectivity index (χ1) is 21.5. The molecule has 0 saturated heterocycles. The molecule has 0 N–H and O–H groups in total. The third-order valence-electron chi connectivity index (χ3n) is 8.49. The van der Waals surface area contributed by atoms with Crippen molar-refractivity contribution < 1.29 is 18.8 Å². The van der Waals surface area contributed by atoms with E-state index in [2.05, 4.69) is 38.1 Å². The average Bonchev–Trinajstić information content (AvgIpc) is 3.04. The Hall–Kier alpha value is -3.34. The molecule has 0 radical (unpaired) electrons. The maximum Gasteiger partial charge on any atom is 0.258 e. The van der Waals surface area contributed by atoms with Crippen LogP contribution in [0.4, 0.5) is 0 Å². The third-order valence-corrected chi connectivity index (χ3v) is 8.49. The number of para-hydroxylation sites is 1. The number of pyridine rings is 1. The Kier molecular flexibility index (Phi) is 16.4. The van der Waals surface area contributed by atoms with Crippen molar-refractivity contribution in [2.75, 3.05) is 13.7 Å². The van der Waals surface area contributed by atoms with Gasteiger partial charge in [0, 0.05) is 25.2 Å². The van der Waals surface area contributed by atoms with E-state index in [0.29, 0.717) is 24.4 Å². The summed E-state index contributed by atoms with van der Waals surface area (Å²) >= 11 is 0. The van der Waals surface area contributed by atoms with Crippen molar-refractivity contribution in [3.63, 3.8) is 0 Å². The smallest absolute Gasteiger partial charge is 0.258 e. The van der Waals surface area contributed by atoms with Crippen LogP contribution in [-0.2, 0) is 20.1 Å². The summed E-state index contributed by atoms with van der Waals surface area (Å²) in [6.45, 7) is 6.15. The topological polar surface area (TPSA) is 42.7 Å². The van der Waals surface area contributed by atoms with Gasteiger partial charge in [-0.3, -0.25) is 4.79 Å². The Bertz CT molecular complexity index is 1220. The van der Waals surface area contributed by atoms with Crippen LogP contribution in [0.3, 0.4) is 0 Å². The van der Waals surface area contributed by atoms with E-state index in [1.165, 1.54) is 83.5 Å². The molecule has 5 nitrogen and oxygen atoms in total. The number of hydrogen-bond acceptors (Lipinski definition) is 3. The first kappa shape index (κ1) is 35.1. The number of hydrogen-bond donors (Lipinski definition) is 0. The van der Waals surface area contributed by atoms with Gasteiger partial charge in [-0.15, -0.1) is 0 Å². The largest absolute Gasteiger partial charge is 0.496 e. The lowest BCUT2D eigenvalue weighted by molar-refractivity contribution is -0.671. The number of carbonyl (C=O) groups excluding carboxylic acids is 1. The van der Waals surface area contributed by atoms with Gasteiger partial charge in [-0.1, -0.05) is 109 Å². The fourth-order valence-electron chi connectivity index (χ4n) is 5.68. The van der Waals surface area contributed by atoms with Crippen LogP contribution < -0.4 is 14.0 Å². The summed E-state index contributed by atoms with van der Waals surface area (Å²) in [5, 5.41) is 0. The Morgan fingerprint density at radius 3 is 1.93 bits per heavy atom. The molecule has 0 unspecified atom stereocenters. The fraction of sp³-hybridized carbons (Fsp3) is 0.538. The van der Waals surface area contributed by atoms with E-state index < -0.39 is 0 Å². The Morgan fingerprint density at radius 1 is 0.750 bits per heavy atom. The van der Waals surface area contributed by atoms with E-state index in [4.69, 9.17) is 9.47 Å². The number of rotatable bonds is 22. The first-order valence-electron chi connectivity index (χ1n) is 17.1. The van der Waals surface area contributed by atoms with Crippen LogP contribution in [-0.4, -0.2) is 24.5 Å². The first-order valence-corrected chi connectivity index (χ1v) is 17.1. The van der Waals surface area contributed by atoms with Crippen molar-refractivity contribution in [1.29, 1.82) is 0 Å². The van der Waals surface area contributed by atoms with E-state index in [0.717, 1.165) is 35.5 Å². The predicted octanol–water partition coefficient (Wildman–Crippen LogP) is 9.53. The van der Waals surface area contributed by atoms with Gasteiger partial charge in [-0.05, 0) is 54.3 Å². The van der Waals surface area contributed by atoms with Crippen LogP contribution in [0.15, 0.2) is 67.0 Å². The molecule has 0 aliphatic heterocycles. The number of amides is 1. The third kappa shape index (κ3) is 12.7. The molecule has 44 heavy (non-hydrogen) atoms. The van der Waals surface area contributed by atoms with Gasteiger partial charge in [0.1, 0.15) is 18.5 Å². The van der Waals surface area contributed by atoms with Crippen LogP contribution >= 0.6 is 0 Å². The zero-order chi connectivity index (χ0) is 31.4. The summed E-state index contributed by atoms with van der Waals surface area (Å²) in [6, 6.07) is 17.8. The number of ether oxygens (including phenoxy) is 2. The number of carbonyl (C=O) groups is 1. The minimum atomic E-state index is -0.0480. The molecule has 1 heterocycles. The Balaban J connectivity index is 1.42. The van der Waals surface area contributed by atoms with Gasteiger partial charge in [0.15, 0.2) is 12.4 Å². The highest BCUT2D eigenvalue weighted by Crippen LogP contribution is 2.24. The average molecular weight is 602 g/mol. The number of benzene rings is 2. The van der Waals surface area contributed by atoms with Crippen LogP contribution in [0.1, 0.15) is 124 Å². The van der Waals surface area contributed by atoms with Crippen molar-refractivity contribution in [2.24, 2.45) is 7.05 Å². The molecule has 3 rings (SSSR count). The van der Waals surface area contributed by atoms with E-state index >= 15 is 0 Å². The van der Waals surface area contributed by atoms with Gasteiger partial charge in [-0.2, -0.15) is 0 Å². The van der Waals surface area contributed by atoms with Gasteiger partial charge in [0.05, 0.1) is 19.3 Å². The maximum atomic E-state index is 13.8. The minimum Gasteiger partial charge on any atom is -0.496 e. The van der Waals surface area contributed by atoms with Gasteiger partial charge < -0.3 is 14.4 Å². The highest BCUT2D eigenvalue weighted by Gasteiger charge is 2.21. The second-order valence-electron chi connectivity index (χ2n) is 12.3. The summed E-state index contributed by atoms with van der Waals surface area (Å²) in [5.74, 6) is 1.44. The molecule has 0 aliphatic carbocycles. The molecule has 1 amide bonds. The van der Waals surface area contributed by atoms with Crippen LogP contribution in [0.5, 0.6) is 11.5 Å². The van der Waals surface area contributed by atoms with Crippen molar-refractivity contribution in [3.8, 4) is 11.5 Å². The van der Waals surface area contributed by atoms with Crippen molar-refractivity contribution in [2.45, 2.75) is 117 Å². The Morgan fingerprint density at radius 2 is 1.34 bits per heavy atom. The lowest BCUT2D eigenvalue weighted by Crippen LogP contribution is -2.32. The SMILES string of the molecule is CCCCCCCCCCCCCCCCOc1ccc(CN(Cc2cc[n+](C)cc2)C(=O)c2ccccc2OC)c(C)c1. The second-order valence-corrected chi connectivity index (χ2v) is 12.3. The number of aromatic nitrogens is 1. The highest BCUT2D eigenvalue weighted by atomic mass is 16.5. The number of aryl methyl sites for hydroxylation is 2. The van der Waals surface area contributed by atoms with Crippen LogP contribution in [0.25, 0.3) is 0 Å². The molecule has 5 heteroatoms. The lowest BCUT2D eigenvalue weighted by atomic mass is 10.0. The predicted molar refractivity (Wildman–Crippen MR) is 181 cm³/mol. The molecule has 0 saturated carbocycles. The van der Waals surface area contributed by atoms with Gasteiger partial charge >= 0.3 is 0 Å². The molecule has 240 valence electrons. The number of methoxy groups -OCH3 is 1. The number of nitrogens with zero attached hydrogens (tertiary/aromatic N) is 2.